The van der Waals surface area contributed by atoms with Crippen LogP contribution in [0.3, 0.4) is 0 Å². The van der Waals surface area contributed by atoms with Gasteiger partial charge in [-0.05, 0) is 31.2 Å². The van der Waals surface area contributed by atoms with Gasteiger partial charge in [-0.25, -0.2) is 0 Å². The number of thiophene rings is 1. The molecule has 1 fully saturated rings. The van der Waals surface area contributed by atoms with Crippen LogP contribution in [0, 0.1) is 0 Å². The lowest BCUT2D eigenvalue weighted by atomic mass is 10.3. The average molecular weight is 523 g/mol. The van der Waals surface area contributed by atoms with Crippen molar-refractivity contribution in [3.63, 3.8) is 0 Å². The Hall–Kier alpha value is -1.26. The van der Waals surface area contributed by atoms with Gasteiger partial charge in [0.05, 0.1) is 10.6 Å². The zero-order valence-corrected chi connectivity index (χ0v) is 19.1. The van der Waals surface area contributed by atoms with Gasteiger partial charge in [0.1, 0.15) is 0 Å². The fraction of sp³-hybridized carbons (Fsp3) is 0.444. The van der Waals surface area contributed by atoms with Crippen molar-refractivity contribution in [2.24, 2.45) is 4.99 Å². The van der Waals surface area contributed by atoms with Crippen LogP contribution in [0.15, 0.2) is 39.9 Å². The molecule has 27 heavy (non-hydrogen) atoms. The second-order valence-electron chi connectivity index (χ2n) is 5.95. The van der Waals surface area contributed by atoms with Crippen LogP contribution in [0.4, 0.5) is 0 Å². The van der Waals surface area contributed by atoms with E-state index >= 15 is 0 Å². The van der Waals surface area contributed by atoms with Crippen molar-refractivity contribution in [2.75, 3.05) is 39.3 Å². The van der Waals surface area contributed by atoms with Gasteiger partial charge in [0.15, 0.2) is 11.7 Å². The fourth-order valence-electron chi connectivity index (χ4n) is 2.86. The number of halogens is 2. The number of hydrogen-bond acceptors (Lipinski definition) is 4. The van der Waals surface area contributed by atoms with Crippen LogP contribution in [0.1, 0.15) is 22.4 Å². The number of nitrogens with one attached hydrogen (secondary N) is 1. The maximum atomic E-state index is 12.4. The number of guanidine groups is 1. The van der Waals surface area contributed by atoms with Crippen molar-refractivity contribution in [3.8, 4) is 0 Å². The summed E-state index contributed by atoms with van der Waals surface area (Å²) in [6, 6.07) is 7.41. The Morgan fingerprint density at radius 1 is 1.26 bits per heavy atom. The van der Waals surface area contributed by atoms with Crippen molar-refractivity contribution in [1.82, 2.24) is 15.1 Å². The molecule has 0 aromatic carbocycles. The molecule has 3 rings (SSSR count). The molecule has 0 aliphatic carbocycles. The summed E-state index contributed by atoms with van der Waals surface area (Å²) in [6.45, 7) is 6.41. The lowest BCUT2D eigenvalue weighted by Gasteiger charge is -2.36. The molecule has 1 aliphatic rings. The smallest absolute Gasteiger partial charge is 0.289 e. The van der Waals surface area contributed by atoms with E-state index in [1.165, 1.54) is 11.1 Å². The lowest BCUT2D eigenvalue weighted by molar-refractivity contribution is 0.0657. The van der Waals surface area contributed by atoms with E-state index in [1.807, 2.05) is 11.0 Å². The summed E-state index contributed by atoms with van der Waals surface area (Å²) in [7, 11) is 0. The maximum absolute atomic E-state index is 12.4. The van der Waals surface area contributed by atoms with Gasteiger partial charge in [0.25, 0.3) is 5.91 Å². The topological polar surface area (TPSA) is 61.1 Å². The van der Waals surface area contributed by atoms with Crippen LogP contribution in [0.25, 0.3) is 0 Å². The quantitative estimate of drug-likeness (QED) is 0.370. The first-order valence-corrected chi connectivity index (χ1v) is 9.97. The molecule has 0 spiro atoms. The number of piperazine rings is 1. The molecule has 0 atom stereocenters. The van der Waals surface area contributed by atoms with Crippen molar-refractivity contribution < 1.29 is 9.21 Å². The van der Waals surface area contributed by atoms with Crippen molar-refractivity contribution in [2.45, 2.75) is 13.3 Å². The van der Waals surface area contributed by atoms with E-state index in [-0.39, 0.29) is 29.9 Å². The molecule has 9 heteroatoms. The van der Waals surface area contributed by atoms with Gasteiger partial charge >= 0.3 is 0 Å². The summed E-state index contributed by atoms with van der Waals surface area (Å²) in [5.74, 6) is 1.25. The summed E-state index contributed by atoms with van der Waals surface area (Å²) in [4.78, 5) is 22.4. The number of rotatable bonds is 5. The Morgan fingerprint density at radius 3 is 2.59 bits per heavy atom. The van der Waals surface area contributed by atoms with E-state index in [0.717, 1.165) is 36.4 Å². The van der Waals surface area contributed by atoms with Crippen molar-refractivity contribution in [1.29, 1.82) is 0 Å². The molecule has 6 nitrogen and oxygen atoms in total. The predicted molar refractivity (Wildman–Crippen MR) is 121 cm³/mol. The Bertz CT molecular complexity index is 742. The fourth-order valence-corrected chi connectivity index (χ4v) is 3.94. The predicted octanol–water partition coefficient (Wildman–Crippen LogP) is 3.58. The van der Waals surface area contributed by atoms with Gasteiger partial charge < -0.3 is 19.5 Å². The molecule has 0 bridgehead atoms. The molecule has 2 aromatic heterocycles. The van der Waals surface area contributed by atoms with E-state index in [1.54, 1.807) is 23.5 Å². The van der Waals surface area contributed by atoms with Crippen LogP contribution in [0.2, 0.25) is 4.34 Å². The molecular weight excluding hydrogens is 499 g/mol. The molecule has 2 aromatic rings. The summed E-state index contributed by atoms with van der Waals surface area (Å²) in [5.41, 5.74) is 0. The second kappa shape index (κ2) is 10.9. The molecule has 1 N–H and O–H groups in total. The van der Waals surface area contributed by atoms with Gasteiger partial charge in [-0.2, -0.15) is 0 Å². The first-order chi connectivity index (χ1) is 12.7. The molecule has 0 radical (unpaired) electrons. The highest BCUT2D eigenvalue weighted by atomic mass is 127. The number of amides is 1. The minimum absolute atomic E-state index is 0. The summed E-state index contributed by atoms with van der Waals surface area (Å²) in [6.07, 6.45) is 2.41. The lowest BCUT2D eigenvalue weighted by Crippen LogP contribution is -2.53. The van der Waals surface area contributed by atoms with Gasteiger partial charge in [-0.3, -0.25) is 9.79 Å². The molecule has 0 unspecified atom stereocenters. The largest absolute Gasteiger partial charge is 0.459 e. The Kier molecular flexibility index (Phi) is 8.91. The van der Waals surface area contributed by atoms with Crippen LogP contribution in [0.5, 0.6) is 0 Å². The van der Waals surface area contributed by atoms with E-state index < -0.39 is 0 Å². The summed E-state index contributed by atoms with van der Waals surface area (Å²) in [5, 5.41) is 3.35. The van der Waals surface area contributed by atoms with E-state index in [0.29, 0.717) is 25.4 Å². The SMILES string of the molecule is CCNC(=NCCc1ccc(Cl)s1)N1CCN(C(=O)c2ccco2)CC1.I. The third-order valence-electron chi connectivity index (χ3n) is 4.18. The molecule has 148 valence electrons. The highest BCUT2D eigenvalue weighted by molar-refractivity contribution is 14.0. The first kappa shape index (κ1) is 22.0. The summed E-state index contributed by atoms with van der Waals surface area (Å²) < 4.78 is 6.02. The molecule has 1 saturated heterocycles. The third-order valence-corrected chi connectivity index (χ3v) is 5.47. The highest BCUT2D eigenvalue weighted by Gasteiger charge is 2.25. The minimum Gasteiger partial charge on any atom is -0.459 e. The zero-order valence-electron chi connectivity index (χ0n) is 15.2. The van der Waals surface area contributed by atoms with E-state index in [4.69, 9.17) is 21.0 Å². The van der Waals surface area contributed by atoms with E-state index in [2.05, 4.69) is 23.2 Å². The number of furan rings is 1. The van der Waals surface area contributed by atoms with Crippen LogP contribution in [-0.4, -0.2) is 60.9 Å². The number of nitrogens with zero attached hydrogens (tertiary/aromatic N) is 3. The molecule has 3 heterocycles. The minimum atomic E-state index is -0.0498. The zero-order chi connectivity index (χ0) is 18.4. The van der Waals surface area contributed by atoms with E-state index in [9.17, 15) is 4.79 Å². The Balaban J connectivity index is 0.00000261. The van der Waals surface area contributed by atoms with Crippen LogP contribution >= 0.6 is 46.9 Å². The second-order valence-corrected chi connectivity index (χ2v) is 7.75. The van der Waals surface area contributed by atoms with Crippen molar-refractivity contribution >= 4 is 58.8 Å². The van der Waals surface area contributed by atoms with Gasteiger partial charge in [-0.1, -0.05) is 11.6 Å². The van der Waals surface area contributed by atoms with Crippen molar-refractivity contribution in [3.05, 3.63) is 45.5 Å². The number of aliphatic imine (C=N–C) groups is 1. The Morgan fingerprint density at radius 2 is 2.00 bits per heavy atom. The normalized spacial score (nSPS) is 14.8. The summed E-state index contributed by atoms with van der Waals surface area (Å²) >= 11 is 7.57. The van der Waals surface area contributed by atoms with Gasteiger partial charge in [0, 0.05) is 50.6 Å². The maximum Gasteiger partial charge on any atom is 0.289 e. The average Bonchev–Trinajstić information content (AvgIpc) is 3.32. The number of carbonyl (C=O) groups excluding carboxylic acids is 1. The number of hydrogen-bond donors (Lipinski definition) is 1. The highest BCUT2D eigenvalue weighted by Crippen LogP contribution is 2.21. The number of carbonyl (C=O) groups is 1. The standard InChI is InChI=1S/C18H23ClN4O2S.HI/c1-2-20-18(21-8-7-14-5-6-16(19)26-14)23-11-9-22(10-12-23)17(24)15-4-3-13-25-15;/h3-6,13H,2,7-12H2,1H3,(H,20,21);1H. The third kappa shape index (κ3) is 6.11. The monoisotopic (exact) mass is 522 g/mol. The Labute approximate surface area is 185 Å². The molecule has 1 amide bonds. The van der Waals surface area contributed by atoms with Gasteiger partial charge in [0.2, 0.25) is 0 Å². The van der Waals surface area contributed by atoms with Crippen LogP contribution < -0.4 is 5.32 Å². The molecule has 1 aliphatic heterocycles. The van der Waals surface area contributed by atoms with Gasteiger partial charge in [-0.15, -0.1) is 35.3 Å². The first-order valence-electron chi connectivity index (χ1n) is 8.77. The molecular formula is C18H24ClIN4O2S. The van der Waals surface area contributed by atoms with Crippen LogP contribution in [-0.2, 0) is 6.42 Å². The molecule has 0 saturated carbocycles.